The molecule has 17 heavy (non-hydrogen) atoms. The summed E-state index contributed by atoms with van der Waals surface area (Å²) in [7, 11) is -0.696. The number of phenolic OH excluding ortho intramolecular Hbond substituents is 1. The first-order valence-corrected chi connectivity index (χ1v) is 7.17. The van der Waals surface area contributed by atoms with Gasteiger partial charge in [0.1, 0.15) is 5.75 Å². The van der Waals surface area contributed by atoms with Crippen molar-refractivity contribution >= 4 is 16.5 Å². The highest BCUT2D eigenvalue weighted by atomic mass is 32.2. The average Bonchev–Trinajstić information content (AvgIpc) is 2.29. The van der Waals surface area contributed by atoms with Crippen molar-refractivity contribution < 1.29 is 14.4 Å². The lowest BCUT2D eigenvalue weighted by atomic mass is 10.1. The molecule has 0 bridgehead atoms. The van der Waals surface area contributed by atoms with Gasteiger partial charge in [0.25, 0.3) is 0 Å². The lowest BCUT2D eigenvalue weighted by molar-refractivity contribution is 0.195. The van der Waals surface area contributed by atoms with Crippen LogP contribution in [0.25, 0.3) is 0 Å². The Balaban J connectivity index is 2.17. The van der Waals surface area contributed by atoms with Crippen LogP contribution in [0.5, 0.6) is 5.75 Å². The zero-order valence-corrected chi connectivity index (χ0v) is 10.6. The Labute approximate surface area is 103 Å². The van der Waals surface area contributed by atoms with E-state index >= 15 is 0 Å². The molecule has 94 valence electrons. The second-order valence-electron chi connectivity index (χ2n) is 4.25. The standard InChI is InChI=1S/C12H17NO3S/c1-9(14)11-3-2-10(8-12(11)15)13-4-6-17(16)7-5-13/h2-3,8-9,14-15H,4-7H2,1H3. The number of rotatable bonds is 2. The Hall–Kier alpha value is -1.07. The van der Waals surface area contributed by atoms with Crippen LogP contribution in [0.1, 0.15) is 18.6 Å². The van der Waals surface area contributed by atoms with E-state index in [-0.39, 0.29) is 5.75 Å². The normalized spacial score (nSPS) is 19.3. The number of benzene rings is 1. The van der Waals surface area contributed by atoms with Crippen molar-refractivity contribution in [3.05, 3.63) is 23.8 Å². The molecule has 1 aliphatic rings. The van der Waals surface area contributed by atoms with E-state index in [0.29, 0.717) is 17.1 Å². The predicted molar refractivity (Wildman–Crippen MR) is 68.8 cm³/mol. The van der Waals surface area contributed by atoms with Gasteiger partial charge in [0.15, 0.2) is 0 Å². The Morgan fingerprint density at radius 1 is 1.35 bits per heavy atom. The molecular formula is C12H17NO3S. The smallest absolute Gasteiger partial charge is 0.123 e. The highest BCUT2D eigenvalue weighted by Crippen LogP contribution is 2.29. The summed E-state index contributed by atoms with van der Waals surface area (Å²) in [6.45, 7) is 3.12. The monoisotopic (exact) mass is 255 g/mol. The molecule has 2 N–H and O–H groups in total. The van der Waals surface area contributed by atoms with Gasteiger partial charge in [0, 0.05) is 52.7 Å². The van der Waals surface area contributed by atoms with Crippen LogP contribution in [0.3, 0.4) is 0 Å². The Morgan fingerprint density at radius 3 is 2.53 bits per heavy atom. The number of aromatic hydroxyl groups is 1. The predicted octanol–water partition coefficient (Wildman–Crippen LogP) is 1.01. The van der Waals surface area contributed by atoms with Crippen LogP contribution in [-0.4, -0.2) is 39.0 Å². The minimum Gasteiger partial charge on any atom is -0.507 e. The fraction of sp³-hybridized carbons (Fsp3) is 0.500. The molecule has 0 aromatic heterocycles. The van der Waals surface area contributed by atoms with Gasteiger partial charge in [0.05, 0.1) is 6.10 Å². The molecule has 4 nitrogen and oxygen atoms in total. The van der Waals surface area contributed by atoms with E-state index in [9.17, 15) is 14.4 Å². The molecule has 1 unspecified atom stereocenters. The fourth-order valence-electron chi connectivity index (χ4n) is 1.98. The summed E-state index contributed by atoms with van der Waals surface area (Å²) in [5.41, 5.74) is 1.46. The lowest BCUT2D eigenvalue weighted by Gasteiger charge is -2.28. The first kappa shape index (κ1) is 12.4. The maximum Gasteiger partial charge on any atom is 0.123 e. The van der Waals surface area contributed by atoms with Crippen molar-refractivity contribution in [1.29, 1.82) is 0 Å². The Morgan fingerprint density at radius 2 is 2.00 bits per heavy atom. The van der Waals surface area contributed by atoms with Crippen LogP contribution in [0, 0.1) is 0 Å². The molecule has 2 rings (SSSR count). The van der Waals surface area contributed by atoms with Gasteiger partial charge < -0.3 is 15.1 Å². The third-order valence-electron chi connectivity index (χ3n) is 3.01. The zero-order chi connectivity index (χ0) is 12.4. The van der Waals surface area contributed by atoms with Gasteiger partial charge in [-0.15, -0.1) is 0 Å². The summed E-state index contributed by atoms with van der Waals surface area (Å²) < 4.78 is 11.3. The molecule has 0 amide bonds. The highest BCUT2D eigenvalue weighted by molar-refractivity contribution is 7.85. The fourth-order valence-corrected chi connectivity index (χ4v) is 3.03. The number of hydrogen-bond donors (Lipinski definition) is 2. The summed E-state index contributed by atoms with van der Waals surface area (Å²) >= 11 is 0. The van der Waals surface area contributed by atoms with E-state index in [0.717, 1.165) is 18.8 Å². The van der Waals surface area contributed by atoms with Gasteiger partial charge in [-0.3, -0.25) is 4.21 Å². The molecule has 1 heterocycles. The molecule has 1 saturated heterocycles. The number of anilines is 1. The van der Waals surface area contributed by atoms with Gasteiger partial charge >= 0.3 is 0 Å². The van der Waals surface area contributed by atoms with Crippen molar-refractivity contribution in [2.45, 2.75) is 13.0 Å². The van der Waals surface area contributed by atoms with Crippen LogP contribution in [0.4, 0.5) is 5.69 Å². The maximum absolute atomic E-state index is 11.3. The van der Waals surface area contributed by atoms with Crippen molar-refractivity contribution in [3.63, 3.8) is 0 Å². The van der Waals surface area contributed by atoms with Crippen LogP contribution in [0.2, 0.25) is 0 Å². The van der Waals surface area contributed by atoms with Crippen LogP contribution >= 0.6 is 0 Å². The Kier molecular flexibility index (Phi) is 3.69. The van der Waals surface area contributed by atoms with Gasteiger partial charge in [-0.1, -0.05) is 6.07 Å². The minimum atomic E-state index is -0.696. The number of hydrogen-bond acceptors (Lipinski definition) is 4. The first-order chi connectivity index (χ1) is 8.08. The highest BCUT2D eigenvalue weighted by Gasteiger charge is 2.17. The van der Waals surface area contributed by atoms with Crippen LogP contribution < -0.4 is 4.90 Å². The second kappa shape index (κ2) is 5.06. The molecule has 1 aromatic carbocycles. The van der Waals surface area contributed by atoms with E-state index in [1.165, 1.54) is 0 Å². The summed E-state index contributed by atoms with van der Waals surface area (Å²) in [5.74, 6) is 1.47. The molecule has 1 aliphatic heterocycles. The van der Waals surface area contributed by atoms with Gasteiger partial charge in [0.2, 0.25) is 0 Å². The molecule has 0 radical (unpaired) electrons. The van der Waals surface area contributed by atoms with Crippen LogP contribution in [0.15, 0.2) is 18.2 Å². The largest absolute Gasteiger partial charge is 0.507 e. The second-order valence-corrected chi connectivity index (χ2v) is 5.95. The molecule has 1 atom stereocenters. The lowest BCUT2D eigenvalue weighted by Crippen LogP contribution is -2.37. The first-order valence-electron chi connectivity index (χ1n) is 5.69. The molecule has 0 aliphatic carbocycles. The van der Waals surface area contributed by atoms with E-state index < -0.39 is 16.9 Å². The summed E-state index contributed by atoms with van der Waals surface area (Å²) in [4.78, 5) is 2.10. The number of aliphatic hydroxyl groups excluding tert-OH is 1. The van der Waals surface area contributed by atoms with E-state index in [1.807, 2.05) is 6.07 Å². The average molecular weight is 255 g/mol. The number of nitrogens with zero attached hydrogens (tertiary/aromatic N) is 1. The molecule has 1 fully saturated rings. The van der Waals surface area contributed by atoms with Gasteiger partial charge in [-0.2, -0.15) is 0 Å². The van der Waals surface area contributed by atoms with Crippen molar-refractivity contribution in [3.8, 4) is 5.75 Å². The summed E-state index contributed by atoms with van der Waals surface area (Å²) in [6, 6.07) is 5.28. The quantitative estimate of drug-likeness (QED) is 0.828. The van der Waals surface area contributed by atoms with Gasteiger partial charge in [-0.05, 0) is 13.0 Å². The third-order valence-corrected chi connectivity index (χ3v) is 4.28. The molecule has 1 aromatic rings. The topological polar surface area (TPSA) is 60.8 Å². The maximum atomic E-state index is 11.3. The van der Waals surface area contributed by atoms with E-state index in [1.54, 1.807) is 19.1 Å². The van der Waals surface area contributed by atoms with E-state index in [4.69, 9.17) is 0 Å². The molecule has 0 spiro atoms. The van der Waals surface area contributed by atoms with Crippen molar-refractivity contribution in [2.75, 3.05) is 29.5 Å². The third kappa shape index (κ3) is 2.79. The molecular weight excluding hydrogens is 238 g/mol. The minimum absolute atomic E-state index is 0.115. The number of aliphatic hydroxyl groups is 1. The van der Waals surface area contributed by atoms with Crippen molar-refractivity contribution in [2.24, 2.45) is 0 Å². The SMILES string of the molecule is CC(O)c1ccc(N2CCS(=O)CC2)cc1O. The van der Waals surface area contributed by atoms with Gasteiger partial charge in [-0.25, -0.2) is 0 Å². The van der Waals surface area contributed by atoms with E-state index in [2.05, 4.69) is 4.90 Å². The number of phenols is 1. The zero-order valence-electron chi connectivity index (χ0n) is 9.80. The molecule has 5 heteroatoms. The summed E-state index contributed by atoms with van der Waals surface area (Å²) in [5, 5.41) is 19.2. The van der Waals surface area contributed by atoms with Crippen LogP contribution in [-0.2, 0) is 10.8 Å². The summed E-state index contributed by atoms with van der Waals surface area (Å²) in [6.07, 6.45) is -0.669. The molecule has 0 saturated carbocycles. The Bertz CT molecular complexity index is 424. The van der Waals surface area contributed by atoms with Crippen molar-refractivity contribution in [1.82, 2.24) is 0 Å².